The monoisotopic (exact) mass is 456 g/mol. The van der Waals surface area contributed by atoms with E-state index in [0.717, 1.165) is 41.0 Å². The first-order valence-electron chi connectivity index (χ1n) is 12.1. The van der Waals surface area contributed by atoms with Crippen molar-refractivity contribution in [2.75, 3.05) is 14.2 Å². The standard InChI is InChI=1S/C29H32N2O3/c1-31-24-12-13-25(31)18-28(17-24)34-27-5-3-4-20(16-27)19-30-29(32)23-8-6-21(7-9-23)22-10-14-26(33-2)15-11-22/h3-11,14-16,24-25,28H,12-13,17-19H2,1-2H3,(H,30,32)/t24-,25+,28?. The zero-order valence-corrected chi connectivity index (χ0v) is 19.9. The Kier molecular flexibility index (Phi) is 6.54. The first-order valence-corrected chi connectivity index (χ1v) is 12.1. The molecule has 2 aliphatic heterocycles. The summed E-state index contributed by atoms with van der Waals surface area (Å²) in [5.74, 6) is 1.64. The molecule has 5 heteroatoms. The number of benzene rings is 3. The molecular formula is C29H32N2O3. The van der Waals surface area contributed by atoms with Crippen LogP contribution in [0.25, 0.3) is 11.1 Å². The van der Waals surface area contributed by atoms with Crippen LogP contribution in [-0.2, 0) is 6.54 Å². The number of methoxy groups -OCH3 is 1. The van der Waals surface area contributed by atoms with Crippen LogP contribution in [0.4, 0.5) is 0 Å². The number of rotatable bonds is 7. The summed E-state index contributed by atoms with van der Waals surface area (Å²) in [5, 5.41) is 3.03. The Hall–Kier alpha value is -3.31. The second-order valence-corrected chi connectivity index (χ2v) is 9.40. The lowest BCUT2D eigenvalue weighted by Gasteiger charge is -2.36. The number of nitrogens with zero attached hydrogens (tertiary/aromatic N) is 1. The Morgan fingerprint density at radius 1 is 0.912 bits per heavy atom. The average molecular weight is 457 g/mol. The lowest BCUT2D eigenvalue weighted by Crippen LogP contribution is -2.43. The third-order valence-corrected chi connectivity index (χ3v) is 7.28. The van der Waals surface area contributed by atoms with Gasteiger partial charge in [0.2, 0.25) is 0 Å². The van der Waals surface area contributed by atoms with E-state index in [0.29, 0.717) is 24.2 Å². The molecule has 1 unspecified atom stereocenters. The molecule has 2 bridgehead atoms. The molecule has 0 spiro atoms. The summed E-state index contributed by atoms with van der Waals surface area (Å²) in [6.07, 6.45) is 5.05. The molecule has 5 rings (SSSR count). The minimum atomic E-state index is -0.0838. The van der Waals surface area contributed by atoms with Crippen LogP contribution < -0.4 is 14.8 Å². The fourth-order valence-corrected chi connectivity index (χ4v) is 5.26. The van der Waals surface area contributed by atoms with Crippen LogP contribution in [0, 0.1) is 0 Å². The number of piperidine rings is 1. The molecule has 34 heavy (non-hydrogen) atoms. The fraction of sp³-hybridized carbons (Fsp3) is 0.345. The molecule has 2 fully saturated rings. The molecular weight excluding hydrogens is 424 g/mol. The lowest BCUT2D eigenvalue weighted by atomic mass is 10.0. The SMILES string of the molecule is COc1ccc(-c2ccc(C(=O)NCc3cccc(OC4C[C@H]5CC[C@@H](C4)N5C)c3)cc2)cc1. The van der Waals surface area contributed by atoms with Crippen LogP contribution >= 0.6 is 0 Å². The number of carbonyl (C=O) groups excluding carboxylic acids is 1. The normalized spacial score (nSPS) is 21.8. The van der Waals surface area contributed by atoms with Gasteiger partial charge in [-0.05, 0) is 85.8 Å². The molecule has 0 aliphatic carbocycles. The Bertz CT molecular complexity index is 1110. The summed E-state index contributed by atoms with van der Waals surface area (Å²) in [7, 11) is 3.90. The quantitative estimate of drug-likeness (QED) is 0.524. The zero-order valence-electron chi connectivity index (χ0n) is 19.9. The van der Waals surface area contributed by atoms with Gasteiger partial charge in [-0.25, -0.2) is 0 Å². The topological polar surface area (TPSA) is 50.8 Å². The molecule has 2 saturated heterocycles. The Morgan fingerprint density at radius 3 is 2.21 bits per heavy atom. The summed E-state index contributed by atoms with van der Waals surface area (Å²) in [5.41, 5.74) is 3.83. The van der Waals surface area contributed by atoms with Crippen LogP contribution in [0.1, 0.15) is 41.6 Å². The summed E-state index contributed by atoms with van der Waals surface area (Å²) in [4.78, 5) is 15.2. The highest BCUT2D eigenvalue weighted by atomic mass is 16.5. The number of hydrogen-bond acceptors (Lipinski definition) is 4. The summed E-state index contributed by atoms with van der Waals surface area (Å²) in [6.45, 7) is 0.467. The van der Waals surface area contributed by atoms with E-state index in [1.807, 2.05) is 72.8 Å². The van der Waals surface area contributed by atoms with Gasteiger partial charge in [0.05, 0.1) is 7.11 Å². The van der Waals surface area contributed by atoms with Crippen molar-refractivity contribution in [2.45, 2.75) is 50.4 Å². The van der Waals surface area contributed by atoms with E-state index in [-0.39, 0.29) is 12.0 Å². The maximum absolute atomic E-state index is 12.7. The fourth-order valence-electron chi connectivity index (χ4n) is 5.26. The van der Waals surface area contributed by atoms with E-state index in [1.165, 1.54) is 12.8 Å². The number of hydrogen-bond donors (Lipinski definition) is 1. The molecule has 2 heterocycles. The van der Waals surface area contributed by atoms with E-state index >= 15 is 0 Å². The number of nitrogens with one attached hydrogen (secondary N) is 1. The summed E-state index contributed by atoms with van der Waals surface area (Å²) < 4.78 is 11.6. The highest BCUT2D eigenvalue weighted by Gasteiger charge is 2.39. The van der Waals surface area contributed by atoms with Gasteiger partial charge in [0, 0.05) is 24.2 Å². The van der Waals surface area contributed by atoms with Crippen molar-refractivity contribution in [1.29, 1.82) is 0 Å². The van der Waals surface area contributed by atoms with Crippen molar-refractivity contribution < 1.29 is 14.3 Å². The summed E-state index contributed by atoms with van der Waals surface area (Å²) in [6, 6.07) is 25.0. The van der Waals surface area contributed by atoms with Gasteiger partial charge in [-0.3, -0.25) is 4.79 Å². The number of fused-ring (bicyclic) bond motifs is 2. The van der Waals surface area contributed by atoms with E-state index in [2.05, 4.69) is 17.3 Å². The maximum Gasteiger partial charge on any atom is 0.251 e. The second-order valence-electron chi connectivity index (χ2n) is 9.40. The van der Waals surface area contributed by atoms with Crippen LogP contribution in [0.3, 0.4) is 0 Å². The van der Waals surface area contributed by atoms with Crippen molar-refractivity contribution in [3.05, 3.63) is 83.9 Å². The van der Waals surface area contributed by atoms with Crippen molar-refractivity contribution in [2.24, 2.45) is 0 Å². The Morgan fingerprint density at radius 2 is 1.56 bits per heavy atom. The predicted octanol–water partition coefficient (Wildman–Crippen LogP) is 5.30. The van der Waals surface area contributed by atoms with Gasteiger partial charge in [0.1, 0.15) is 17.6 Å². The molecule has 2 aliphatic rings. The number of ether oxygens (including phenoxy) is 2. The minimum Gasteiger partial charge on any atom is -0.497 e. The summed E-state index contributed by atoms with van der Waals surface area (Å²) >= 11 is 0. The van der Waals surface area contributed by atoms with E-state index in [9.17, 15) is 4.79 Å². The van der Waals surface area contributed by atoms with Gasteiger partial charge < -0.3 is 19.7 Å². The largest absolute Gasteiger partial charge is 0.497 e. The molecule has 1 amide bonds. The molecule has 176 valence electrons. The highest BCUT2D eigenvalue weighted by molar-refractivity contribution is 5.94. The number of carbonyl (C=O) groups is 1. The molecule has 3 aromatic carbocycles. The predicted molar refractivity (Wildman–Crippen MR) is 134 cm³/mol. The molecule has 5 nitrogen and oxygen atoms in total. The third-order valence-electron chi connectivity index (χ3n) is 7.28. The molecule has 0 saturated carbocycles. The molecule has 3 aromatic rings. The van der Waals surface area contributed by atoms with Crippen molar-refractivity contribution in [3.8, 4) is 22.6 Å². The Labute approximate surface area is 201 Å². The van der Waals surface area contributed by atoms with Gasteiger partial charge in [0.25, 0.3) is 5.91 Å². The van der Waals surface area contributed by atoms with Crippen LogP contribution in [-0.4, -0.2) is 43.2 Å². The third kappa shape index (κ3) is 4.95. The van der Waals surface area contributed by atoms with E-state index < -0.39 is 0 Å². The molecule has 3 atom stereocenters. The van der Waals surface area contributed by atoms with E-state index in [4.69, 9.17) is 9.47 Å². The van der Waals surface area contributed by atoms with Crippen molar-refractivity contribution in [1.82, 2.24) is 10.2 Å². The zero-order chi connectivity index (χ0) is 23.5. The van der Waals surface area contributed by atoms with Gasteiger partial charge in [-0.15, -0.1) is 0 Å². The molecule has 0 aromatic heterocycles. The molecule has 1 N–H and O–H groups in total. The van der Waals surface area contributed by atoms with E-state index in [1.54, 1.807) is 7.11 Å². The van der Waals surface area contributed by atoms with Crippen molar-refractivity contribution in [3.63, 3.8) is 0 Å². The Balaban J connectivity index is 1.16. The lowest BCUT2D eigenvalue weighted by molar-refractivity contribution is 0.0661. The smallest absolute Gasteiger partial charge is 0.251 e. The first kappa shape index (κ1) is 22.5. The molecule has 0 radical (unpaired) electrons. The van der Waals surface area contributed by atoms with Gasteiger partial charge in [-0.1, -0.05) is 36.4 Å². The van der Waals surface area contributed by atoms with Gasteiger partial charge >= 0.3 is 0 Å². The number of amides is 1. The highest BCUT2D eigenvalue weighted by Crippen LogP contribution is 2.36. The van der Waals surface area contributed by atoms with Crippen LogP contribution in [0.5, 0.6) is 11.5 Å². The second kappa shape index (κ2) is 9.90. The van der Waals surface area contributed by atoms with Crippen molar-refractivity contribution >= 4 is 5.91 Å². The van der Waals surface area contributed by atoms with Crippen LogP contribution in [0.15, 0.2) is 72.8 Å². The first-order chi connectivity index (χ1) is 16.6. The average Bonchev–Trinajstić information content (AvgIpc) is 3.07. The van der Waals surface area contributed by atoms with Crippen LogP contribution in [0.2, 0.25) is 0 Å². The maximum atomic E-state index is 12.7. The van der Waals surface area contributed by atoms with Gasteiger partial charge in [0.15, 0.2) is 0 Å². The van der Waals surface area contributed by atoms with Gasteiger partial charge in [-0.2, -0.15) is 0 Å². The minimum absolute atomic E-state index is 0.0838.